The Morgan fingerprint density at radius 2 is 1.61 bits per heavy atom. The van der Waals surface area contributed by atoms with Crippen LogP contribution in [-0.2, 0) is 14.8 Å². The lowest BCUT2D eigenvalue weighted by molar-refractivity contribution is -0.114. The van der Waals surface area contributed by atoms with Crippen LogP contribution >= 0.6 is 0 Å². The standard InChI is InChI=1S/C28H34N4O5S/c1-21(33)30-23-9-13-28(14-10-23)38(35,36)31-24-7-11-25(12-8-24)32-17-15-22(16-18-32)29-19-26(34)20-37-27-5-3-2-4-6-27/h2-14,22,26,29,31,34H,15-20H2,1H3,(H,30,33)/t26-/m0/s1. The molecule has 0 unspecified atom stereocenters. The van der Waals surface area contributed by atoms with E-state index in [4.69, 9.17) is 4.74 Å². The largest absolute Gasteiger partial charge is 0.491 e. The third kappa shape index (κ3) is 7.95. The normalized spacial score (nSPS) is 15.1. The highest BCUT2D eigenvalue weighted by molar-refractivity contribution is 7.92. The van der Waals surface area contributed by atoms with Crippen molar-refractivity contribution in [3.63, 3.8) is 0 Å². The molecule has 0 spiro atoms. The summed E-state index contributed by atoms with van der Waals surface area (Å²) in [4.78, 5) is 13.5. The predicted molar refractivity (Wildman–Crippen MR) is 149 cm³/mol. The van der Waals surface area contributed by atoms with Crippen LogP contribution in [0.1, 0.15) is 19.8 Å². The van der Waals surface area contributed by atoms with Crippen molar-refractivity contribution in [3.05, 3.63) is 78.9 Å². The van der Waals surface area contributed by atoms with Crippen molar-refractivity contribution in [1.29, 1.82) is 0 Å². The number of aliphatic hydroxyl groups is 1. The maximum atomic E-state index is 12.7. The van der Waals surface area contributed by atoms with Gasteiger partial charge in [-0.1, -0.05) is 18.2 Å². The highest BCUT2D eigenvalue weighted by Gasteiger charge is 2.20. The van der Waals surface area contributed by atoms with Crippen molar-refractivity contribution in [2.24, 2.45) is 0 Å². The van der Waals surface area contributed by atoms with E-state index < -0.39 is 16.1 Å². The monoisotopic (exact) mass is 538 g/mol. The summed E-state index contributed by atoms with van der Waals surface area (Å²) in [6.45, 7) is 3.84. The zero-order valence-corrected chi connectivity index (χ0v) is 22.2. The third-order valence-electron chi connectivity index (χ3n) is 6.29. The number of aliphatic hydroxyl groups excluding tert-OH is 1. The summed E-state index contributed by atoms with van der Waals surface area (Å²) in [7, 11) is -3.75. The Hall–Kier alpha value is -3.60. The molecule has 0 bridgehead atoms. The summed E-state index contributed by atoms with van der Waals surface area (Å²) in [5.74, 6) is 0.527. The van der Waals surface area contributed by atoms with Gasteiger partial charge in [0.15, 0.2) is 0 Å². The third-order valence-corrected chi connectivity index (χ3v) is 7.69. The van der Waals surface area contributed by atoms with Gasteiger partial charge in [-0.25, -0.2) is 8.42 Å². The minimum absolute atomic E-state index is 0.113. The first-order valence-corrected chi connectivity index (χ1v) is 14.1. The lowest BCUT2D eigenvalue weighted by Gasteiger charge is -2.34. The van der Waals surface area contributed by atoms with Gasteiger partial charge in [-0.05, 0) is 73.5 Å². The van der Waals surface area contributed by atoms with E-state index in [1.54, 1.807) is 24.3 Å². The second kappa shape index (κ2) is 12.8. The number of rotatable bonds is 11. The van der Waals surface area contributed by atoms with Crippen LogP contribution in [0.2, 0.25) is 0 Å². The summed E-state index contributed by atoms with van der Waals surface area (Å²) in [6.07, 6.45) is 1.30. The minimum Gasteiger partial charge on any atom is -0.491 e. The summed E-state index contributed by atoms with van der Waals surface area (Å²) < 4.78 is 33.7. The molecule has 1 aliphatic rings. The number of piperidine rings is 1. The number of benzene rings is 3. The smallest absolute Gasteiger partial charge is 0.261 e. The molecule has 4 N–H and O–H groups in total. The van der Waals surface area contributed by atoms with Gasteiger partial charge in [-0.15, -0.1) is 0 Å². The highest BCUT2D eigenvalue weighted by atomic mass is 32.2. The van der Waals surface area contributed by atoms with E-state index in [1.807, 2.05) is 42.5 Å². The molecule has 38 heavy (non-hydrogen) atoms. The topological polar surface area (TPSA) is 120 Å². The molecule has 202 valence electrons. The van der Waals surface area contributed by atoms with Crippen LogP contribution < -0.4 is 25.0 Å². The molecular formula is C28H34N4O5S. The van der Waals surface area contributed by atoms with Crippen LogP contribution in [0, 0.1) is 0 Å². The highest BCUT2D eigenvalue weighted by Crippen LogP contribution is 2.24. The Kier molecular flexibility index (Phi) is 9.22. The molecule has 1 saturated heterocycles. The molecule has 1 heterocycles. The first kappa shape index (κ1) is 27.4. The number of carbonyl (C=O) groups excluding carboxylic acids is 1. The average molecular weight is 539 g/mol. The number of hydrogen-bond donors (Lipinski definition) is 4. The Morgan fingerprint density at radius 1 is 0.974 bits per heavy atom. The van der Waals surface area contributed by atoms with Crippen LogP contribution in [0.25, 0.3) is 0 Å². The van der Waals surface area contributed by atoms with E-state index in [0.29, 0.717) is 24.0 Å². The Morgan fingerprint density at radius 3 is 2.24 bits per heavy atom. The number of anilines is 3. The lowest BCUT2D eigenvalue weighted by Crippen LogP contribution is -2.45. The Labute approximate surface area is 223 Å². The number of para-hydroxylation sites is 1. The average Bonchev–Trinajstić information content (AvgIpc) is 2.92. The quantitative estimate of drug-likeness (QED) is 0.295. The first-order valence-electron chi connectivity index (χ1n) is 12.6. The molecule has 0 saturated carbocycles. The number of sulfonamides is 1. The maximum absolute atomic E-state index is 12.7. The summed E-state index contributed by atoms with van der Waals surface area (Å²) in [6, 6.07) is 23.1. The van der Waals surface area contributed by atoms with Crippen LogP contribution in [0.4, 0.5) is 17.1 Å². The molecular weight excluding hydrogens is 504 g/mol. The Bertz CT molecular complexity index is 1280. The van der Waals surface area contributed by atoms with E-state index in [1.165, 1.54) is 19.1 Å². The number of amides is 1. The second-order valence-corrected chi connectivity index (χ2v) is 11.0. The molecule has 10 heteroatoms. The van der Waals surface area contributed by atoms with Crippen molar-refractivity contribution in [1.82, 2.24) is 5.32 Å². The van der Waals surface area contributed by atoms with Gasteiger partial charge in [0.2, 0.25) is 5.91 Å². The summed E-state index contributed by atoms with van der Waals surface area (Å²) in [5, 5.41) is 16.3. The van der Waals surface area contributed by atoms with E-state index in [9.17, 15) is 18.3 Å². The van der Waals surface area contributed by atoms with Gasteiger partial charge in [0.1, 0.15) is 18.5 Å². The van der Waals surface area contributed by atoms with Crippen molar-refractivity contribution < 1.29 is 23.1 Å². The predicted octanol–water partition coefficient (Wildman–Crippen LogP) is 3.44. The molecule has 1 fully saturated rings. The maximum Gasteiger partial charge on any atom is 0.261 e. The molecule has 0 radical (unpaired) electrons. The minimum atomic E-state index is -3.75. The molecule has 3 aromatic carbocycles. The van der Waals surface area contributed by atoms with Gasteiger partial charge in [0, 0.05) is 49.7 Å². The number of hydrogen-bond acceptors (Lipinski definition) is 7. The number of ether oxygens (including phenoxy) is 1. The van der Waals surface area contributed by atoms with Crippen molar-refractivity contribution in [3.8, 4) is 5.75 Å². The number of nitrogens with zero attached hydrogens (tertiary/aromatic N) is 1. The number of nitrogens with one attached hydrogen (secondary N) is 3. The van der Waals surface area contributed by atoms with Crippen molar-refractivity contribution >= 4 is 33.0 Å². The molecule has 0 aliphatic carbocycles. The van der Waals surface area contributed by atoms with Gasteiger partial charge >= 0.3 is 0 Å². The first-order chi connectivity index (χ1) is 18.3. The van der Waals surface area contributed by atoms with Gasteiger partial charge in [-0.3, -0.25) is 9.52 Å². The molecule has 4 rings (SSSR count). The molecule has 0 aromatic heterocycles. The van der Waals surface area contributed by atoms with Crippen LogP contribution in [-0.4, -0.2) is 57.8 Å². The summed E-state index contributed by atoms with van der Waals surface area (Å²) >= 11 is 0. The number of carbonyl (C=O) groups is 1. The van der Waals surface area contributed by atoms with Crippen molar-refractivity contribution in [2.45, 2.75) is 36.8 Å². The molecule has 1 atom stereocenters. The van der Waals surface area contributed by atoms with Crippen LogP contribution in [0.5, 0.6) is 5.75 Å². The fourth-order valence-electron chi connectivity index (χ4n) is 4.29. The zero-order valence-electron chi connectivity index (χ0n) is 21.3. The van der Waals surface area contributed by atoms with E-state index >= 15 is 0 Å². The fraction of sp³-hybridized carbons (Fsp3) is 0.321. The SMILES string of the molecule is CC(=O)Nc1ccc(S(=O)(=O)Nc2ccc(N3CCC(NC[C@H](O)COc4ccccc4)CC3)cc2)cc1. The van der Waals surface area contributed by atoms with Gasteiger partial charge in [0.05, 0.1) is 4.90 Å². The van der Waals surface area contributed by atoms with Crippen LogP contribution in [0.15, 0.2) is 83.8 Å². The molecule has 1 amide bonds. The van der Waals surface area contributed by atoms with E-state index in [2.05, 4.69) is 20.3 Å². The van der Waals surface area contributed by atoms with E-state index in [-0.39, 0.29) is 17.4 Å². The van der Waals surface area contributed by atoms with Gasteiger partial charge in [0.25, 0.3) is 10.0 Å². The lowest BCUT2D eigenvalue weighted by atomic mass is 10.0. The second-order valence-electron chi connectivity index (χ2n) is 9.31. The van der Waals surface area contributed by atoms with Crippen molar-refractivity contribution in [2.75, 3.05) is 41.2 Å². The zero-order chi connectivity index (χ0) is 27.0. The van der Waals surface area contributed by atoms with Gasteiger partial charge in [-0.2, -0.15) is 0 Å². The molecule has 9 nitrogen and oxygen atoms in total. The van der Waals surface area contributed by atoms with Gasteiger partial charge < -0.3 is 25.4 Å². The van der Waals surface area contributed by atoms with Crippen LogP contribution in [0.3, 0.4) is 0 Å². The fourth-order valence-corrected chi connectivity index (χ4v) is 5.35. The Balaban J connectivity index is 1.21. The summed E-state index contributed by atoms with van der Waals surface area (Å²) in [5.41, 5.74) is 2.04. The van der Waals surface area contributed by atoms with E-state index in [0.717, 1.165) is 37.4 Å². The molecule has 1 aliphatic heterocycles. The molecule has 3 aromatic rings.